The summed E-state index contributed by atoms with van der Waals surface area (Å²) in [6, 6.07) is 12.5. The summed E-state index contributed by atoms with van der Waals surface area (Å²) in [5.74, 6) is 0.0264. The van der Waals surface area contributed by atoms with Crippen LogP contribution in [0.3, 0.4) is 0 Å². The monoisotopic (exact) mass is 451 g/mol. The maximum absolute atomic E-state index is 13.5. The van der Waals surface area contributed by atoms with Gasteiger partial charge < -0.3 is 19.4 Å². The molecule has 1 N–H and O–H groups in total. The smallest absolute Gasteiger partial charge is 0.328 e. The number of hydrogen-bond acceptors (Lipinski definition) is 5. The van der Waals surface area contributed by atoms with Crippen molar-refractivity contribution in [1.82, 2.24) is 15.1 Å². The third kappa shape index (κ3) is 4.39. The normalized spacial score (nSPS) is 26.8. The SMILES string of the molecule is O=C(CN1C(=O)N(Cc2ccco2)C(=O)C2OC3CCCCC3C21)NCCc1ccccc1. The van der Waals surface area contributed by atoms with E-state index >= 15 is 0 Å². The Bertz CT molecular complexity index is 993. The van der Waals surface area contributed by atoms with Crippen LogP contribution in [0.4, 0.5) is 4.79 Å². The summed E-state index contributed by atoms with van der Waals surface area (Å²) in [6.45, 7) is 0.415. The van der Waals surface area contributed by atoms with Crippen LogP contribution in [0.25, 0.3) is 0 Å². The van der Waals surface area contributed by atoms with Gasteiger partial charge in [0.15, 0.2) is 6.10 Å². The van der Waals surface area contributed by atoms with E-state index in [-0.39, 0.29) is 36.9 Å². The number of urea groups is 1. The lowest BCUT2D eigenvalue weighted by atomic mass is 9.81. The largest absolute Gasteiger partial charge is 0.467 e. The van der Waals surface area contributed by atoms with Crippen LogP contribution in [0.1, 0.15) is 37.0 Å². The fraction of sp³-hybridized carbons (Fsp3) is 0.480. The molecule has 2 saturated heterocycles. The van der Waals surface area contributed by atoms with E-state index < -0.39 is 18.2 Å². The fourth-order valence-corrected chi connectivity index (χ4v) is 5.39. The minimum Gasteiger partial charge on any atom is -0.467 e. The number of fused-ring (bicyclic) bond motifs is 3. The van der Waals surface area contributed by atoms with E-state index in [0.29, 0.717) is 18.7 Å². The van der Waals surface area contributed by atoms with Crippen LogP contribution in [-0.4, -0.2) is 59.0 Å². The van der Waals surface area contributed by atoms with Gasteiger partial charge in [0.2, 0.25) is 5.91 Å². The van der Waals surface area contributed by atoms with E-state index in [1.165, 1.54) is 6.26 Å². The molecule has 3 fully saturated rings. The summed E-state index contributed by atoms with van der Waals surface area (Å²) in [4.78, 5) is 42.3. The molecule has 5 rings (SSSR count). The van der Waals surface area contributed by atoms with Crippen molar-refractivity contribution in [2.75, 3.05) is 13.1 Å². The van der Waals surface area contributed by atoms with E-state index in [1.54, 1.807) is 17.0 Å². The minimum absolute atomic E-state index is 0.0265. The predicted octanol–water partition coefficient (Wildman–Crippen LogP) is 2.73. The van der Waals surface area contributed by atoms with Crippen LogP contribution >= 0.6 is 0 Å². The number of benzene rings is 1. The van der Waals surface area contributed by atoms with Crippen LogP contribution in [0.5, 0.6) is 0 Å². The first-order chi connectivity index (χ1) is 16.1. The molecule has 1 aromatic heterocycles. The van der Waals surface area contributed by atoms with Gasteiger partial charge in [0, 0.05) is 12.5 Å². The Balaban J connectivity index is 1.31. The van der Waals surface area contributed by atoms with Gasteiger partial charge >= 0.3 is 6.03 Å². The number of carbonyl (C=O) groups excluding carboxylic acids is 3. The van der Waals surface area contributed by atoms with Crippen molar-refractivity contribution < 1.29 is 23.5 Å². The number of carbonyl (C=O) groups is 3. The molecule has 0 radical (unpaired) electrons. The molecule has 33 heavy (non-hydrogen) atoms. The Morgan fingerprint density at radius 3 is 2.67 bits per heavy atom. The molecule has 1 saturated carbocycles. The Morgan fingerprint density at radius 1 is 1.06 bits per heavy atom. The first-order valence-corrected chi connectivity index (χ1v) is 11.7. The Hall–Kier alpha value is -3.13. The van der Waals surface area contributed by atoms with Gasteiger partial charge in [-0.05, 0) is 37.0 Å². The molecule has 2 aliphatic heterocycles. The maximum atomic E-state index is 13.5. The average molecular weight is 452 g/mol. The maximum Gasteiger partial charge on any atom is 0.328 e. The molecule has 8 heteroatoms. The van der Waals surface area contributed by atoms with Gasteiger partial charge in [0.1, 0.15) is 12.3 Å². The summed E-state index contributed by atoms with van der Waals surface area (Å²) in [6.07, 6.45) is 5.33. The predicted molar refractivity (Wildman–Crippen MR) is 119 cm³/mol. The quantitative estimate of drug-likeness (QED) is 0.699. The van der Waals surface area contributed by atoms with Crippen molar-refractivity contribution in [3.63, 3.8) is 0 Å². The summed E-state index contributed by atoms with van der Waals surface area (Å²) in [7, 11) is 0. The molecule has 3 heterocycles. The van der Waals surface area contributed by atoms with E-state index in [2.05, 4.69) is 5.32 Å². The fourth-order valence-electron chi connectivity index (χ4n) is 5.39. The summed E-state index contributed by atoms with van der Waals surface area (Å²) < 4.78 is 11.5. The molecule has 3 aliphatic rings. The third-order valence-electron chi connectivity index (χ3n) is 6.96. The third-order valence-corrected chi connectivity index (χ3v) is 6.96. The van der Waals surface area contributed by atoms with Crippen molar-refractivity contribution >= 4 is 17.8 Å². The molecular formula is C25H29N3O5. The second-order valence-electron chi connectivity index (χ2n) is 9.03. The summed E-state index contributed by atoms with van der Waals surface area (Å²) >= 11 is 0. The van der Waals surface area contributed by atoms with Crippen molar-refractivity contribution in [3.8, 4) is 0 Å². The highest BCUT2D eigenvalue weighted by Crippen LogP contribution is 2.43. The molecule has 1 aromatic carbocycles. The molecule has 174 valence electrons. The van der Waals surface area contributed by atoms with Crippen LogP contribution in [0.15, 0.2) is 53.1 Å². The number of nitrogens with zero attached hydrogens (tertiary/aromatic N) is 2. The molecule has 4 amide bonds. The van der Waals surface area contributed by atoms with Gasteiger partial charge in [0.25, 0.3) is 5.91 Å². The second-order valence-corrected chi connectivity index (χ2v) is 9.03. The van der Waals surface area contributed by atoms with Gasteiger partial charge in [-0.3, -0.25) is 14.5 Å². The Labute approximate surface area is 192 Å². The minimum atomic E-state index is -0.733. The number of imide groups is 1. The highest BCUT2D eigenvalue weighted by atomic mass is 16.5. The van der Waals surface area contributed by atoms with Gasteiger partial charge in [-0.15, -0.1) is 0 Å². The zero-order valence-corrected chi connectivity index (χ0v) is 18.5. The number of amides is 4. The number of hydrogen-bond donors (Lipinski definition) is 1. The average Bonchev–Trinajstić information content (AvgIpc) is 3.48. The van der Waals surface area contributed by atoms with Gasteiger partial charge in [-0.2, -0.15) is 0 Å². The van der Waals surface area contributed by atoms with Crippen LogP contribution in [-0.2, 0) is 27.3 Å². The Kier molecular flexibility index (Phi) is 6.17. The lowest BCUT2D eigenvalue weighted by molar-refractivity contribution is -0.148. The molecule has 8 nitrogen and oxygen atoms in total. The lowest BCUT2D eigenvalue weighted by Gasteiger charge is -2.42. The molecule has 0 spiro atoms. The zero-order valence-electron chi connectivity index (χ0n) is 18.5. The second kappa shape index (κ2) is 9.39. The molecule has 4 atom stereocenters. The first-order valence-electron chi connectivity index (χ1n) is 11.7. The zero-order chi connectivity index (χ0) is 22.8. The topological polar surface area (TPSA) is 92.1 Å². The highest BCUT2D eigenvalue weighted by molar-refractivity contribution is 6.01. The van der Waals surface area contributed by atoms with E-state index in [0.717, 1.165) is 36.1 Å². The molecule has 2 aromatic rings. The highest BCUT2D eigenvalue weighted by Gasteiger charge is 2.57. The van der Waals surface area contributed by atoms with Gasteiger partial charge in [-0.25, -0.2) is 4.79 Å². The molecule has 0 bridgehead atoms. The Morgan fingerprint density at radius 2 is 1.88 bits per heavy atom. The van der Waals surface area contributed by atoms with Crippen molar-refractivity contribution in [1.29, 1.82) is 0 Å². The molecule has 4 unspecified atom stereocenters. The standard InChI is InChI=1S/C25H29N3O5/c29-21(26-13-12-17-7-2-1-3-8-17)16-27-22-19-10-4-5-11-20(19)33-23(22)24(30)28(25(27)31)15-18-9-6-14-32-18/h1-3,6-9,14,19-20,22-23H,4-5,10-13,15-16H2,(H,26,29). The molecular weight excluding hydrogens is 422 g/mol. The van der Waals surface area contributed by atoms with Crippen LogP contribution in [0, 0.1) is 5.92 Å². The van der Waals surface area contributed by atoms with Crippen LogP contribution < -0.4 is 5.32 Å². The van der Waals surface area contributed by atoms with Crippen molar-refractivity contribution in [3.05, 3.63) is 60.1 Å². The number of rotatable bonds is 7. The number of nitrogens with one attached hydrogen (secondary N) is 1. The van der Waals surface area contributed by atoms with Crippen LogP contribution in [0.2, 0.25) is 0 Å². The lowest BCUT2D eigenvalue weighted by Crippen LogP contribution is -2.65. The molecule has 1 aliphatic carbocycles. The first kappa shape index (κ1) is 21.7. The summed E-state index contributed by atoms with van der Waals surface area (Å²) in [5.41, 5.74) is 1.14. The summed E-state index contributed by atoms with van der Waals surface area (Å²) in [5, 5.41) is 2.93. The van der Waals surface area contributed by atoms with Gasteiger partial charge in [0.05, 0.1) is 25.0 Å². The number of furan rings is 1. The van der Waals surface area contributed by atoms with Crippen molar-refractivity contribution in [2.24, 2.45) is 5.92 Å². The van der Waals surface area contributed by atoms with E-state index in [4.69, 9.17) is 9.15 Å². The van der Waals surface area contributed by atoms with Crippen molar-refractivity contribution in [2.45, 2.75) is 56.9 Å². The number of ether oxygens (including phenoxy) is 1. The van der Waals surface area contributed by atoms with Gasteiger partial charge in [-0.1, -0.05) is 43.2 Å². The van der Waals surface area contributed by atoms with E-state index in [9.17, 15) is 14.4 Å². The van der Waals surface area contributed by atoms with E-state index in [1.807, 2.05) is 30.3 Å².